The fourth-order valence-corrected chi connectivity index (χ4v) is 2.25. The lowest BCUT2D eigenvalue weighted by atomic mass is 10.1. The van der Waals surface area contributed by atoms with E-state index in [0.717, 1.165) is 12.1 Å². The van der Waals surface area contributed by atoms with Crippen LogP contribution in [0.25, 0.3) is 0 Å². The first kappa shape index (κ1) is 13.1. The van der Waals surface area contributed by atoms with Crippen molar-refractivity contribution in [2.75, 3.05) is 13.1 Å². The summed E-state index contributed by atoms with van der Waals surface area (Å²) in [5, 5.41) is 16.4. The van der Waals surface area contributed by atoms with Crippen LogP contribution in [0.3, 0.4) is 0 Å². The monoisotopic (exact) mass is 251 g/mol. The van der Waals surface area contributed by atoms with Gasteiger partial charge in [-0.15, -0.1) is 0 Å². The Balaban J connectivity index is 1.98. The molecule has 1 aromatic heterocycles. The van der Waals surface area contributed by atoms with Crippen LogP contribution >= 0.6 is 0 Å². The molecular formula is C13H21N3O2. The zero-order valence-electron chi connectivity index (χ0n) is 11.0. The summed E-state index contributed by atoms with van der Waals surface area (Å²) < 4.78 is 0. The topological polar surface area (TPSA) is 69.2 Å². The number of likely N-dealkylation sites (tertiary alicyclic amines) is 1. The molecule has 1 saturated heterocycles. The highest BCUT2D eigenvalue weighted by Crippen LogP contribution is 2.14. The molecule has 2 N–H and O–H groups in total. The third kappa shape index (κ3) is 3.10. The van der Waals surface area contributed by atoms with Crippen molar-refractivity contribution in [3.8, 4) is 0 Å². The van der Waals surface area contributed by atoms with Crippen LogP contribution < -0.4 is 0 Å². The molecule has 0 aromatic carbocycles. The second-order valence-corrected chi connectivity index (χ2v) is 5.40. The predicted molar refractivity (Wildman–Crippen MR) is 68.3 cm³/mol. The van der Waals surface area contributed by atoms with Crippen molar-refractivity contribution in [3.63, 3.8) is 0 Å². The van der Waals surface area contributed by atoms with E-state index in [1.165, 1.54) is 0 Å². The molecule has 100 valence electrons. The van der Waals surface area contributed by atoms with E-state index < -0.39 is 0 Å². The first-order valence-corrected chi connectivity index (χ1v) is 6.58. The highest BCUT2D eigenvalue weighted by Gasteiger charge is 2.23. The van der Waals surface area contributed by atoms with Gasteiger partial charge in [-0.05, 0) is 31.2 Å². The van der Waals surface area contributed by atoms with Crippen molar-refractivity contribution in [1.82, 2.24) is 15.1 Å². The van der Waals surface area contributed by atoms with Crippen molar-refractivity contribution in [2.24, 2.45) is 5.92 Å². The Hall–Kier alpha value is -1.36. The molecule has 0 bridgehead atoms. The number of carbonyl (C=O) groups excluding carboxylic acids is 1. The number of hydrogen-bond donors (Lipinski definition) is 2. The van der Waals surface area contributed by atoms with Crippen molar-refractivity contribution >= 4 is 5.91 Å². The quantitative estimate of drug-likeness (QED) is 0.848. The number of aliphatic hydroxyl groups excluding tert-OH is 1. The summed E-state index contributed by atoms with van der Waals surface area (Å²) in [6, 6.07) is 1.84. The fourth-order valence-electron chi connectivity index (χ4n) is 2.25. The number of hydrogen-bond acceptors (Lipinski definition) is 3. The largest absolute Gasteiger partial charge is 0.393 e. The SMILES string of the molecule is CC(C)Cc1cc(C(=O)N2CCC(O)CC2)n[nH]1. The summed E-state index contributed by atoms with van der Waals surface area (Å²) in [6.07, 6.45) is 1.97. The number of H-pyrrole nitrogens is 1. The Kier molecular flexibility index (Phi) is 4.01. The number of aromatic nitrogens is 2. The smallest absolute Gasteiger partial charge is 0.274 e. The first-order valence-electron chi connectivity index (χ1n) is 6.58. The summed E-state index contributed by atoms with van der Waals surface area (Å²) in [7, 11) is 0. The van der Waals surface area contributed by atoms with E-state index in [0.29, 0.717) is 37.5 Å². The Morgan fingerprint density at radius 1 is 1.56 bits per heavy atom. The number of piperidine rings is 1. The fraction of sp³-hybridized carbons (Fsp3) is 0.692. The molecule has 1 fully saturated rings. The molecule has 18 heavy (non-hydrogen) atoms. The molecule has 0 saturated carbocycles. The summed E-state index contributed by atoms with van der Waals surface area (Å²) in [5.74, 6) is 0.506. The minimum Gasteiger partial charge on any atom is -0.393 e. The highest BCUT2D eigenvalue weighted by atomic mass is 16.3. The van der Waals surface area contributed by atoms with Crippen LogP contribution in [0.2, 0.25) is 0 Å². The van der Waals surface area contributed by atoms with Gasteiger partial charge in [0.25, 0.3) is 5.91 Å². The number of nitrogens with zero attached hydrogens (tertiary/aromatic N) is 2. The Morgan fingerprint density at radius 3 is 2.83 bits per heavy atom. The van der Waals surface area contributed by atoms with E-state index >= 15 is 0 Å². The molecule has 1 amide bonds. The molecule has 1 aliphatic heterocycles. The molecule has 0 atom stereocenters. The summed E-state index contributed by atoms with van der Waals surface area (Å²) >= 11 is 0. The summed E-state index contributed by atoms with van der Waals surface area (Å²) in [5.41, 5.74) is 1.49. The number of aromatic amines is 1. The maximum atomic E-state index is 12.2. The Morgan fingerprint density at radius 2 is 2.22 bits per heavy atom. The summed E-state index contributed by atoms with van der Waals surface area (Å²) in [4.78, 5) is 13.9. The maximum Gasteiger partial charge on any atom is 0.274 e. The van der Waals surface area contributed by atoms with Crippen molar-refractivity contribution in [1.29, 1.82) is 0 Å². The van der Waals surface area contributed by atoms with Gasteiger partial charge in [0.05, 0.1) is 6.10 Å². The average Bonchev–Trinajstić information content (AvgIpc) is 2.76. The minimum absolute atomic E-state index is 0.0341. The van der Waals surface area contributed by atoms with Crippen LogP contribution in [0.1, 0.15) is 42.9 Å². The molecule has 2 heterocycles. The lowest BCUT2D eigenvalue weighted by Gasteiger charge is -2.28. The van der Waals surface area contributed by atoms with Gasteiger partial charge in [-0.3, -0.25) is 9.89 Å². The first-order chi connectivity index (χ1) is 8.56. The van der Waals surface area contributed by atoms with Crippen molar-refractivity contribution in [2.45, 2.75) is 39.2 Å². The van der Waals surface area contributed by atoms with E-state index in [1.807, 2.05) is 6.07 Å². The van der Waals surface area contributed by atoms with Gasteiger partial charge >= 0.3 is 0 Å². The lowest BCUT2D eigenvalue weighted by molar-refractivity contribution is 0.0541. The molecule has 0 spiro atoms. The second-order valence-electron chi connectivity index (χ2n) is 5.40. The number of carbonyl (C=O) groups is 1. The molecule has 1 aromatic rings. The zero-order chi connectivity index (χ0) is 13.1. The lowest BCUT2D eigenvalue weighted by Crippen LogP contribution is -2.40. The normalized spacial score (nSPS) is 17.4. The average molecular weight is 251 g/mol. The van der Waals surface area contributed by atoms with E-state index in [9.17, 15) is 9.90 Å². The molecule has 5 heteroatoms. The zero-order valence-corrected chi connectivity index (χ0v) is 11.0. The molecular weight excluding hydrogens is 230 g/mol. The van der Waals surface area contributed by atoms with Gasteiger partial charge in [0, 0.05) is 18.8 Å². The predicted octanol–water partition coefficient (Wildman–Crippen LogP) is 1.21. The molecule has 2 rings (SSSR count). The number of aliphatic hydroxyl groups is 1. The van der Waals surface area contributed by atoms with Gasteiger partial charge in [0.2, 0.25) is 0 Å². The minimum atomic E-state index is -0.260. The van der Waals surface area contributed by atoms with Gasteiger partial charge in [-0.2, -0.15) is 5.10 Å². The van der Waals surface area contributed by atoms with Gasteiger partial charge < -0.3 is 10.0 Å². The van der Waals surface area contributed by atoms with Gasteiger partial charge in [0.15, 0.2) is 0 Å². The molecule has 1 aliphatic rings. The van der Waals surface area contributed by atoms with Crippen molar-refractivity contribution < 1.29 is 9.90 Å². The number of amides is 1. The maximum absolute atomic E-state index is 12.2. The molecule has 0 unspecified atom stereocenters. The van der Waals surface area contributed by atoms with E-state index in [-0.39, 0.29) is 12.0 Å². The van der Waals surface area contributed by atoms with Crippen LogP contribution in [0, 0.1) is 5.92 Å². The van der Waals surface area contributed by atoms with E-state index in [1.54, 1.807) is 4.90 Å². The number of rotatable bonds is 3. The van der Waals surface area contributed by atoms with Gasteiger partial charge in [0.1, 0.15) is 5.69 Å². The Bertz CT molecular complexity index is 406. The third-order valence-corrected chi connectivity index (χ3v) is 3.23. The molecule has 0 aliphatic carbocycles. The standard InChI is InChI=1S/C13H21N3O2/c1-9(2)7-10-8-12(15-14-10)13(18)16-5-3-11(17)4-6-16/h8-9,11,17H,3-7H2,1-2H3,(H,14,15). The van der Waals surface area contributed by atoms with Gasteiger partial charge in [-0.1, -0.05) is 13.8 Å². The second kappa shape index (κ2) is 5.52. The van der Waals surface area contributed by atoms with Crippen LogP contribution in [0.5, 0.6) is 0 Å². The molecule has 5 nitrogen and oxygen atoms in total. The van der Waals surface area contributed by atoms with Crippen LogP contribution in [-0.4, -0.2) is 45.3 Å². The molecule has 0 radical (unpaired) electrons. The number of nitrogens with one attached hydrogen (secondary N) is 1. The van der Waals surface area contributed by atoms with Crippen LogP contribution in [-0.2, 0) is 6.42 Å². The van der Waals surface area contributed by atoms with E-state index in [2.05, 4.69) is 24.0 Å². The van der Waals surface area contributed by atoms with Crippen molar-refractivity contribution in [3.05, 3.63) is 17.5 Å². The third-order valence-electron chi connectivity index (χ3n) is 3.23. The van der Waals surface area contributed by atoms with E-state index in [4.69, 9.17) is 0 Å². The summed E-state index contributed by atoms with van der Waals surface area (Å²) in [6.45, 7) is 5.50. The van der Waals surface area contributed by atoms with Crippen LogP contribution in [0.15, 0.2) is 6.07 Å². The highest BCUT2D eigenvalue weighted by molar-refractivity contribution is 5.92. The van der Waals surface area contributed by atoms with Gasteiger partial charge in [-0.25, -0.2) is 0 Å². The Labute approximate surface area is 107 Å². The van der Waals surface area contributed by atoms with Crippen LogP contribution in [0.4, 0.5) is 0 Å².